The van der Waals surface area contributed by atoms with Crippen LogP contribution in [-0.2, 0) is 6.42 Å². The zero-order chi connectivity index (χ0) is 5.84. The van der Waals surface area contributed by atoms with Gasteiger partial charge in [-0.05, 0) is 28.7 Å². The van der Waals surface area contributed by atoms with Crippen LogP contribution in [0.15, 0.2) is 18.2 Å². The van der Waals surface area contributed by atoms with Crippen molar-refractivity contribution in [3.8, 4) is 0 Å². The summed E-state index contributed by atoms with van der Waals surface area (Å²) in [5.74, 6) is 0. The van der Waals surface area contributed by atoms with E-state index in [-0.39, 0.29) is 0 Å². The largest absolute Gasteiger partial charge is 0.0613 e. The molecular formula is C9H6. The SMILES string of the molecule is C1=C2Cc3cccc1c32. The fourth-order valence-electron chi connectivity index (χ4n) is 1.70. The minimum Gasteiger partial charge on any atom is -0.0613 e. The Balaban J connectivity index is 2.50. The predicted octanol–water partition coefficient (Wildman–Crippen LogP) is 2.10. The van der Waals surface area contributed by atoms with Gasteiger partial charge < -0.3 is 0 Å². The van der Waals surface area contributed by atoms with Crippen molar-refractivity contribution in [1.82, 2.24) is 0 Å². The maximum atomic E-state index is 2.28. The van der Waals surface area contributed by atoms with Crippen LogP contribution in [0, 0.1) is 0 Å². The van der Waals surface area contributed by atoms with E-state index in [1.165, 1.54) is 12.0 Å². The molecule has 0 heteroatoms. The van der Waals surface area contributed by atoms with E-state index in [1.807, 2.05) is 0 Å². The predicted molar refractivity (Wildman–Crippen MR) is 38.0 cm³/mol. The molecule has 0 nitrogen and oxygen atoms in total. The van der Waals surface area contributed by atoms with Crippen molar-refractivity contribution in [2.24, 2.45) is 0 Å². The zero-order valence-corrected chi connectivity index (χ0v) is 5.02. The van der Waals surface area contributed by atoms with Gasteiger partial charge in [-0.15, -0.1) is 0 Å². The van der Waals surface area contributed by atoms with Gasteiger partial charge in [0, 0.05) is 0 Å². The Hall–Kier alpha value is -1.04. The van der Waals surface area contributed by atoms with Gasteiger partial charge in [0.25, 0.3) is 0 Å². The average Bonchev–Trinajstić information content (AvgIpc) is 1.73. The Morgan fingerprint density at radius 1 is 1.22 bits per heavy atom. The maximum absolute atomic E-state index is 2.28. The van der Waals surface area contributed by atoms with Gasteiger partial charge in [-0.25, -0.2) is 0 Å². The Bertz CT molecular complexity index is 319. The third kappa shape index (κ3) is 0.275. The molecule has 0 aliphatic heterocycles. The molecule has 0 unspecified atom stereocenters. The highest BCUT2D eigenvalue weighted by Crippen LogP contribution is 2.45. The number of allylic oxidation sites excluding steroid dienone is 1. The van der Waals surface area contributed by atoms with Crippen LogP contribution in [-0.4, -0.2) is 0 Å². The molecule has 1 aromatic carbocycles. The Morgan fingerprint density at radius 3 is 2.89 bits per heavy atom. The molecule has 1 aromatic rings. The van der Waals surface area contributed by atoms with E-state index < -0.39 is 0 Å². The second-order valence-corrected chi connectivity index (χ2v) is 2.73. The summed E-state index contributed by atoms with van der Waals surface area (Å²) in [6, 6.07) is 6.54. The highest BCUT2D eigenvalue weighted by Gasteiger charge is 2.27. The van der Waals surface area contributed by atoms with Crippen molar-refractivity contribution in [3.05, 3.63) is 34.9 Å². The normalized spacial score (nSPS) is 17.1. The number of hydrogen-bond donors (Lipinski definition) is 0. The summed E-state index contributed by atoms with van der Waals surface area (Å²) in [4.78, 5) is 0. The van der Waals surface area contributed by atoms with Gasteiger partial charge >= 0.3 is 0 Å². The first kappa shape index (κ1) is 3.89. The molecule has 9 heavy (non-hydrogen) atoms. The smallest absolute Gasteiger partial charge is 0.00130 e. The highest BCUT2D eigenvalue weighted by molar-refractivity contribution is 6.03. The molecule has 0 bridgehead atoms. The van der Waals surface area contributed by atoms with Crippen LogP contribution in [0.25, 0.3) is 11.6 Å². The second-order valence-electron chi connectivity index (χ2n) is 2.73. The Kier molecular flexibility index (Phi) is 0.419. The summed E-state index contributed by atoms with van der Waals surface area (Å²) in [7, 11) is 0. The van der Waals surface area contributed by atoms with E-state index in [9.17, 15) is 0 Å². The van der Waals surface area contributed by atoms with E-state index in [1.54, 1.807) is 16.7 Å². The molecule has 0 amide bonds. The Labute approximate surface area is 53.8 Å². The van der Waals surface area contributed by atoms with Gasteiger partial charge in [0.15, 0.2) is 0 Å². The molecule has 0 radical (unpaired) electrons. The van der Waals surface area contributed by atoms with Crippen LogP contribution in [0.4, 0.5) is 0 Å². The fraction of sp³-hybridized carbons (Fsp3) is 0.111. The number of hydrogen-bond acceptors (Lipinski definition) is 0. The van der Waals surface area contributed by atoms with Crippen molar-refractivity contribution in [3.63, 3.8) is 0 Å². The summed E-state index contributed by atoms with van der Waals surface area (Å²) < 4.78 is 0. The van der Waals surface area contributed by atoms with Crippen LogP contribution in [0.2, 0.25) is 0 Å². The maximum Gasteiger partial charge on any atom is -0.00130 e. The lowest BCUT2D eigenvalue weighted by Crippen LogP contribution is -2.15. The quantitative estimate of drug-likeness (QED) is 0.484. The summed E-state index contributed by atoms with van der Waals surface area (Å²) in [5.41, 5.74) is 6.12. The molecule has 0 aromatic heterocycles. The minimum absolute atomic E-state index is 1.23. The van der Waals surface area contributed by atoms with Crippen molar-refractivity contribution >= 4 is 11.6 Å². The summed E-state index contributed by atoms with van der Waals surface area (Å²) in [6.45, 7) is 0. The zero-order valence-electron chi connectivity index (χ0n) is 5.02. The minimum atomic E-state index is 1.23. The summed E-state index contributed by atoms with van der Waals surface area (Å²) >= 11 is 0. The first-order chi connectivity index (χ1) is 4.45. The van der Waals surface area contributed by atoms with Crippen LogP contribution in [0.3, 0.4) is 0 Å². The third-order valence-electron chi connectivity index (χ3n) is 2.21. The monoisotopic (exact) mass is 114 g/mol. The molecule has 2 aliphatic carbocycles. The molecule has 42 valence electrons. The molecule has 2 aliphatic rings. The van der Waals surface area contributed by atoms with E-state index in [0.717, 1.165) is 0 Å². The van der Waals surface area contributed by atoms with E-state index in [2.05, 4.69) is 24.3 Å². The molecule has 0 saturated carbocycles. The first-order valence-electron chi connectivity index (χ1n) is 3.28. The number of rotatable bonds is 0. The van der Waals surface area contributed by atoms with E-state index >= 15 is 0 Å². The summed E-state index contributed by atoms with van der Waals surface area (Å²) in [5, 5.41) is 0. The molecule has 0 saturated heterocycles. The van der Waals surface area contributed by atoms with Gasteiger partial charge in [-0.2, -0.15) is 0 Å². The van der Waals surface area contributed by atoms with Crippen molar-refractivity contribution < 1.29 is 0 Å². The lowest BCUT2D eigenvalue weighted by molar-refractivity contribution is 1.14. The van der Waals surface area contributed by atoms with Crippen LogP contribution < -0.4 is 0 Å². The molecule has 0 fully saturated rings. The fourth-order valence-corrected chi connectivity index (χ4v) is 1.70. The molecule has 0 N–H and O–H groups in total. The van der Waals surface area contributed by atoms with Crippen molar-refractivity contribution in [2.75, 3.05) is 0 Å². The molecule has 0 atom stereocenters. The first-order valence-corrected chi connectivity index (χ1v) is 3.28. The Morgan fingerprint density at radius 2 is 2.22 bits per heavy atom. The van der Waals surface area contributed by atoms with Gasteiger partial charge in [0.1, 0.15) is 0 Å². The van der Waals surface area contributed by atoms with Crippen LogP contribution >= 0.6 is 0 Å². The van der Waals surface area contributed by atoms with Gasteiger partial charge in [0.05, 0.1) is 0 Å². The molecule has 0 heterocycles. The standard InChI is InChI=1S/C9H6/c1-2-6-4-8-5-7(3-1)9(6)8/h1-4H,5H2. The lowest BCUT2D eigenvalue weighted by Gasteiger charge is -2.32. The average molecular weight is 114 g/mol. The van der Waals surface area contributed by atoms with E-state index in [0.29, 0.717) is 0 Å². The van der Waals surface area contributed by atoms with Crippen molar-refractivity contribution in [1.29, 1.82) is 0 Å². The van der Waals surface area contributed by atoms with E-state index in [4.69, 9.17) is 0 Å². The molecular weight excluding hydrogens is 108 g/mol. The molecule has 0 spiro atoms. The van der Waals surface area contributed by atoms with Crippen LogP contribution in [0.5, 0.6) is 0 Å². The van der Waals surface area contributed by atoms with Gasteiger partial charge in [-0.3, -0.25) is 0 Å². The summed E-state index contributed by atoms with van der Waals surface area (Å²) in [6.07, 6.45) is 3.51. The number of benzene rings is 1. The second kappa shape index (κ2) is 0.971. The van der Waals surface area contributed by atoms with Gasteiger partial charge in [0.2, 0.25) is 0 Å². The van der Waals surface area contributed by atoms with Crippen LogP contribution in [0.1, 0.15) is 16.7 Å². The van der Waals surface area contributed by atoms with Gasteiger partial charge in [-0.1, -0.05) is 24.3 Å². The highest BCUT2D eigenvalue weighted by atomic mass is 14.3. The molecule has 3 rings (SSSR count). The topological polar surface area (TPSA) is 0 Å². The van der Waals surface area contributed by atoms with Crippen molar-refractivity contribution in [2.45, 2.75) is 6.42 Å². The lowest BCUT2D eigenvalue weighted by atomic mass is 9.72. The third-order valence-corrected chi connectivity index (χ3v) is 2.21.